The molecular weight excluding hydrogens is 264 g/mol. The predicted octanol–water partition coefficient (Wildman–Crippen LogP) is 1.58. The van der Waals surface area contributed by atoms with E-state index >= 15 is 0 Å². The summed E-state index contributed by atoms with van der Waals surface area (Å²) >= 11 is 0. The second-order valence-electron chi connectivity index (χ2n) is 6.12. The molecule has 0 saturated carbocycles. The smallest absolute Gasteiger partial charge is 0.103 e. The monoisotopic (exact) mass is 292 g/mol. The molecule has 0 spiro atoms. The molecule has 118 valence electrons. The lowest BCUT2D eigenvalue weighted by Crippen LogP contribution is -2.42. The van der Waals surface area contributed by atoms with Gasteiger partial charge in [0.25, 0.3) is 0 Å². The van der Waals surface area contributed by atoms with Gasteiger partial charge in [-0.2, -0.15) is 0 Å². The molecule has 1 heterocycles. The van der Waals surface area contributed by atoms with Crippen LogP contribution in [0.2, 0.25) is 0 Å². The van der Waals surface area contributed by atoms with Crippen molar-refractivity contribution in [1.82, 2.24) is 4.90 Å². The number of methoxy groups -OCH3 is 1. The van der Waals surface area contributed by atoms with Crippen molar-refractivity contribution in [3.8, 4) is 0 Å². The van der Waals surface area contributed by atoms with Gasteiger partial charge >= 0.3 is 0 Å². The Balaban J connectivity index is 1.91. The Bertz CT molecular complexity index is 411. The summed E-state index contributed by atoms with van der Waals surface area (Å²) in [5, 5.41) is 10.8. The van der Waals surface area contributed by atoms with Crippen molar-refractivity contribution in [3.63, 3.8) is 0 Å². The lowest BCUT2D eigenvalue weighted by atomic mass is 9.89. The number of likely N-dealkylation sites (tertiary alicyclic amines) is 1. The molecule has 1 saturated heterocycles. The molecule has 21 heavy (non-hydrogen) atoms. The van der Waals surface area contributed by atoms with Gasteiger partial charge in [-0.1, -0.05) is 30.3 Å². The van der Waals surface area contributed by atoms with E-state index in [2.05, 4.69) is 4.90 Å². The fraction of sp³-hybridized carbons (Fsp3) is 0.647. The van der Waals surface area contributed by atoms with Crippen LogP contribution in [0.1, 0.15) is 24.8 Å². The number of nitrogens with zero attached hydrogens (tertiary/aromatic N) is 1. The Morgan fingerprint density at radius 3 is 2.81 bits per heavy atom. The number of hydrogen-bond donors (Lipinski definition) is 2. The normalized spacial score (nSPS) is 22.9. The minimum atomic E-state index is -0.921. The fourth-order valence-electron chi connectivity index (χ4n) is 3.18. The summed E-state index contributed by atoms with van der Waals surface area (Å²) in [5.41, 5.74) is 5.83. The topological polar surface area (TPSA) is 58.7 Å². The minimum absolute atomic E-state index is 0.256. The first-order valence-electron chi connectivity index (χ1n) is 7.87. The number of nitrogens with two attached hydrogens (primary N) is 1. The van der Waals surface area contributed by atoms with Crippen molar-refractivity contribution < 1.29 is 9.84 Å². The van der Waals surface area contributed by atoms with Crippen LogP contribution in [0, 0.1) is 5.92 Å². The zero-order valence-corrected chi connectivity index (χ0v) is 13.0. The average Bonchev–Trinajstić information content (AvgIpc) is 2.54. The van der Waals surface area contributed by atoms with E-state index in [0.29, 0.717) is 12.3 Å². The molecule has 4 heteroatoms. The van der Waals surface area contributed by atoms with Crippen LogP contribution < -0.4 is 5.73 Å². The first-order valence-corrected chi connectivity index (χ1v) is 7.87. The molecule has 1 fully saturated rings. The van der Waals surface area contributed by atoms with Crippen molar-refractivity contribution >= 4 is 0 Å². The van der Waals surface area contributed by atoms with Gasteiger partial charge in [0.05, 0.1) is 6.61 Å². The van der Waals surface area contributed by atoms with Gasteiger partial charge in [-0.15, -0.1) is 0 Å². The molecule has 0 bridgehead atoms. The van der Waals surface area contributed by atoms with Gasteiger partial charge in [0, 0.05) is 26.7 Å². The molecule has 1 aromatic rings. The molecule has 3 N–H and O–H groups in total. The van der Waals surface area contributed by atoms with Gasteiger partial charge in [-0.05, 0) is 37.3 Å². The van der Waals surface area contributed by atoms with Gasteiger partial charge < -0.3 is 20.5 Å². The van der Waals surface area contributed by atoms with Crippen molar-refractivity contribution in [2.75, 3.05) is 39.9 Å². The molecule has 0 amide bonds. The SMILES string of the molecule is COCC1CCCN(CCC(O)(CN)c2ccccc2)C1. The Morgan fingerprint density at radius 1 is 1.38 bits per heavy atom. The van der Waals surface area contributed by atoms with Gasteiger partial charge in [0.15, 0.2) is 0 Å². The number of ether oxygens (including phenoxy) is 1. The molecule has 1 aromatic carbocycles. The van der Waals surface area contributed by atoms with Crippen LogP contribution in [-0.2, 0) is 10.3 Å². The highest BCUT2D eigenvalue weighted by Crippen LogP contribution is 2.25. The summed E-state index contributed by atoms with van der Waals surface area (Å²) in [5.74, 6) is 0.617. The third-order valence-corrected chi connectivity index (χ3v) is 4.50. The van der Waals surface area contributed by atoms with Gasteiger partial charge in [0.1, 0.15) is 5.60 Å². The van der Waals surface area contributed by atoms with E-state index in [-0.39, 0.29) is 6.54 Å². The summed E-state index contributed by atoms with van der Waals surface area (Å²) in [4.78, 5) is 2.43. The lowest BCUT2D eigenvalue weighted by Gasteiger charge is -2.35. The zero-order chi connectivity index (χ0) is 15.1. The molecule has 1 aliphatic heterocycles. The number of piperidine rings is 1. The summed E-state index contributed by atoms with van der Waals surface area (Å²) in [6.07, 6.45) is 3.12. The first-order chi connectivity index (χ1) is 10.2. The van der Waals surface area contributed by atoms with Crippen LogP contribution in [0.5, 0.6) is 0 Å². The van der Waals surface area contributed by atoms with Crippen LogP contribution in [0.4, 0.5) is 0 Å². The number of benzene rings is 1. The highest BCUT2D eigenvalue weighted by molar-refractivity contribution is 5.22. The Labute approximate surface area is 127 Å². The Morgan fingerprint density at radius 2 is 2.14 bits per heavy atom. The standard InChI is InChI=1S/C17H28N2O2/c1-21-13-15-6-5-10-19(12-15)11-9-17(20,14-18)16-7-3-2-4-8-16/h2-4,7-8,15,20H,5-6,9-14,18H2,1H3. The second kappa shape index (κ2) is 7.90. The van der Waals surface area contributed by atoms with Crippen molar-refractivity contribution in [2.24, 2.45) is 11.7 Å². The van der Waals surface area contributed by atoms with E-state index in [1.165, 1.54) is 12.8 Å². The van der Waals surface area contributed by atoms with E-state index in [9.17, 15) is 5.11 Å². The maximum atomic E-state index is 10.8. The van der Waals surface area contributed by atoms with Crippen LogP contribution in [0.25, 0.3) is 0 Å². The van der Waals surface area contributed by atoms with E-state index in [0.717, 1.165) is 31.8 Å². The van der Waals surface area contributed by atoms with Crippen LogP contribution in [0.15, 0.2) is 30.3 Å². The Hall–Kier alpha value is -0.940. The zero-order valence-electron chi connectivity index (χ0n) is 13.0. The molecule has 4 nitrogen and oxygen atoms in total. The van der Waals surface area contributed by atoms with Crippen LogP contribution in [-0.4, -0.2) is 49.9 Å². The van der Waals surface area contributed by atoms with E-state index in [4.69, 9.17) is 10.5 Å². The van der Waals surface area contributed by atoms with Crippen molar-refractivity contribution in [1.29, 1.82) is 0 Å². The Kier molecular flexibility index (Phi) is 6.18. The molecule has 0 aliphatic carbocycles. The number of aliphatic hydroxyl groups is 1. The van der Waals surface area contributed by atoms with Crippen molar-refractivity contribution in [2.45, 2.75) is 24.9 Å². The van der Waals surface area contributed by atoms with Crippen molar-refractivity contribution in [3.05, 3.63) is 35.9 Å². The van der Waals surface area contributed by atoms with Crippen LogP contribution >= 0.6 is 0 Å². The molecule has 2 atom stereocenters. The molecule has 2 unspecified atom stereocenters. The molecule has 0 aromatic heterocycles. The quantitative estimate of drug-likeness (QED) is 0.801. The third-order valence-electron chi connectivity index (χ3n) is 4.50. The number of rotatable bonds is 7. The largest absolute Gasteiger partial charge is 0.384 e. The maximum absolute atomic E-state index is 10.8. The maximum Gasteiger partial charge on any atom is 0.103 e. The van der Waals surface area contributed by atoms with Crippen LogP contribution in [0.3, 0.4) is 0 Å². The second-order valence-corrected chi connectivity index (χ2v) is 6.12. The molecule has 1 aliphatic rings. The minimum Gasteiger partial charge on any atom is -0.384 e. The van der Waals surface area contributed by atoms with E-state index in [1.54, 1.807) is 7.11 Å². The molecular formula is C17H28N2O2. The highest BCUT2D eigenvalue weighted by Gasteiger charge is 2.29. The summed E-state index contributed by atoms with van der Waals surface area (Å²) in [6.45, 7) is 4.13. The summed E-state index contributed by atoms with van der Waals surface area (Å²) in [6, 6.07) is 9.77. The predicted molar refractivity (Wildman–Crippen MR) is 85.1 cm³/mol. The molecule has 2 rings (SSSR count). The fourth-order valence-corrected chi connectivity index (χ4v) is 3.18. The summed E-state index contributed by atoms with van der Waals surface area (Å²) < 4.78 is 5.27. The van der Waals surface area contributed by atoms with Gasteiger partial charge in [-0.25, -0.2) is 0 Å². The van der Waals surface area contributed by atoms with E-state index in [1.807, 2.05) is 30.3 Å². The molecule has 0 radical (unpaired) electrons. The number of hydrogen-bond acceptors (Lipinski definition) is 4. The van der Waals surface area contributed by atoms with Gasteiger partial charge in [-0.3, -0.25) is 0 Å². The lowest BCUT2D eigenvalue weighted by molar-refractivity contribution is 0.0167. The first kappa shape index (κ1) is 16.4. The summed E-state index contributed by atoms with van der Waals surface area (Å²) in [7, 11) is 1.77. The third kappa shape index (κ3) is 4.51. The van der Waals surface area contributed by atoms with E-state index < -0.39 is 5.60 Å². The van der Waals surface area contributed by atoms with Gasteiger partial charge in [0.2, 0.25) is 0 Å². The average molecular weight is 292 g/mol. The highest BCUT2D eigenvalue weighted by atomic mass is 16.5.